The van der Waals surface area contributed by atoms with Crippen molar-refractivity contribution in [3.63, 3.8) is 0 Å². The van der Waals surface area contributed by atoms with Crippen LogP contribution in [-0.2, 0) is 4.79 Å². The summed E-state index contributed by atoms with van der Waals surface area (Å²) in [6, 6.07) is 5.53. The average molecular weight is 286 g/mol. The van der Waals surface area contributed by atoms with Crippen molar-refractivity contribution in [1.29, 1.82) is 0 Å². The minimum Gasteiger partial charge on any atom is -0.330 e. The van der Waals surface area contributed by atoms with Gasteiger partial charge < -0.3 is 11.1 Å². The predicted octanol–water partition coefficient (Wildman–Crippen LogP) is 2.58. The molecule has 1 aromatic carbocycles. The molecule has 0 bridgehead atoms. The largest absolute Gasteiger partial charge is 0.330 e. The third-order valence-electron chi connectivity index (χ3n) is 3.37. The Hall–Kier alpha value is -2.01. The summed E-state index contributed by atoms with van der Waals surface area (Å²) in [6.07, 6.45) is 4.71. The highest BCUT2D eigenvalue weighted by Gasteiger charge is 2.14. The van der Waals surface area contributed by atoms with Gasteiger partial charge in [0, 0.05) is 24.5 Å². The Morgan fingerprint density at radius 1 is 1.24 bits per heavy atom. The van der Waals surface area contributed by atoms with E-state index in [2.05, 4.69) is 29.1 Å². The minimum atomic E-state index is -0.00524. The van der Waals surface area contributed by atoms with E-state index < -0.39 is 0 Å². The van der Waals surface area contributed by atoms with Gasteiger partial charge in [-0.05, 0) is 43.0 Å². The SMILES string of the molecule is CC(C)C[C@H](CN)CC(=O)Nc1ccc2nccnc2c1. The smallest absolute Gasteiger partial charge is 0.224 e. The molecule has 21 heavy (non-hydrogen) atoms. The van der Waals surface area contributed by atoms with Crippen molar-refractivity contribution < 1.29 is 4.79 Å². The van der Waals surface area contributed by atoms with E-state index in [0.717, 1.165) is 23.1 Å². The van der Waals surface area contributed by atoms with E-state index in [1.54, 1.807) is 12.4 Å². The van der Waals surface area contributed by atoms with E-state index in [9.17, 15) is 4.79 Å². The van der Waals surface area contributed by atoms with Crippen LogP contribution in [0.15, 0.2) is 30.6 Å². The molecule has 0 spiro atoms. The molecule has 2 aromatic rings. The fourth-order valence-electron chi connectivity index (χ4n) is 2.44. The first kappa shape index (κ1) is 15.4. The van der Waals surface area contributed by atoms with Crippen LogP contribution in [0.1, 0.15) is 26.7 Å². The number of hydrogen-bond acceptors (Lipinski definition) is 4. The van der Waals surface area contributed by atoms with Gasteiger partial charge in [-0.1, -0.05) is 13.8 Å². The highest BCUT2D eigenvalue weighted by molar-refractivity contribution is 5.93. The van der Waals surface area contributed by atoms with Crippen molar-refractivity contribution in [3.05, 3.63) is 30.6 Å². The van der Waals surface area contributed by atoms with Crippen LogP contribution in [0, 0.1) is 11.8 Å². The molecule has 0 radical (unpaired) electrons. The topological polar surface area (TPSA) is 80.9 Å². The van der Waals surface area contributed by atoms with Crippen molar-refractivity contribution in [2.45, 2.75) is 26.7 Å². The molecule has 1 amide bonds. The molecule has 0 saturated heterocycles. The fourth-order valence-corrected chi connectivity index (χ4v) is 2.44. The molecule has 0 saturated carbocycles. The van der Waals surface area contributed by atoms with Crippen LogP contribution in [0.25, 0.3) is 11.0 Å². The van der Waals surface area contributed by atoms with Crippen molar-refractivity contribution in [2.24, 2.45) is 17.6 Å². The van der Waals surface area contributed by atoms with E-state index in [1.165, 1.54) is 0 Å². The molecule has 3 N–H and O–H groups in total. The number of benzene rings is 1. The zero-order valence-corrected chi connectivity index (χ0v) is 12.5. The van der Waals surface area contributed by atoms with Crippen LogP contribution < -0.4 is 11.1 Å². The lowest BCUT2D eigenvalue weighted by Gasteiger charge is -2.16. The highest BCUT2D eigenvalue weighted by atomic mass is 16.1. The molecular formula is C16H22N4O. The summed E-state index contributed by atoms with van der Waals surface area (Å²) < 4.78 is 0. The first-order valence-corrected chi connectivity index (χ1v) is 7.29. The van der Waals surface area contributed by atoms with E-state index in [4.69, 9.17) is 5.73 Å². The van der Waals surface area contributed by atoms with Crippen molar-refractivity contribution >= 4 is 22.6 Å². The van der Waals surface area contributed by atoms with Crippen LogP contribution in [-0.4, -0.2) is 22.4 Å². The summed E-state index contributed by atoms with van der Waals surface area (Å²) in [6.45, 7) is 4.82. The number of carbonyl (C=O) groups excluding carboxylic acids is 1. The first-order valence-electron chi connectivity index (χ1n) is 7.29. The van der Waals surface area contributed by atoms with Gasteiger partial charge in [-0.3, -0.25) is 14.8 Å². The van der Waals surface area contributed by atoms with E-state index in [0.29, 0.717) is 18.9 Å². The monoisotopic (exact) mass is 286 g/mol. The van der Waals surface area contributed by atoms with Gasteiger partial charge in [-0.2, -0.15) is 0 Å². The van der Waals surface area contributed by atoms with Gasteiger partial charge in [0.05, 0.1) is 11.0 Å². The summed E-state index contributed by atoms with van der Waals surface area (Å²) in [5.41, 5.74) is 8.07. The van der Waals surface area contributed by atoms with Gasteiger partial charge >= 0.3 is 0 Å². The summed E-state index contributed by atoms with van der Waals surface area (Å²) >= 11 is 0. The van der Waals surface area contributed by atoms with Gasteiger partial charge in [-0.25, -0.2) is 0 Å². The molecule has 5 heteroatoms. The number of fused-ring (bicyclic) bond motifs is 1. The van der Waals surface area contributed by atoms with Gasteiger partial charge in [0.1, 0.15) is 0 Å². The van der Waals surface area contributed by atoms with E-state index in [1.807, 2.05) is 18.2 Å². The van der Waals surface area contributed by atoms with Crippen LogP contribution in [0.2, 0.25) is 0 Å². The average Bonchev–Trinajstić information content (AvgIpc) is 2.45. The Morgan fingerprint density at radius 2 is 1.95 bits per heavy atom. The Balaban J connectivity index is 2.00. The van der Waals surface area contributed by atoms with Crippen molar-refractivity contribution in [2.75, 3.05) is 11.9 Å². The van der Waals surface area contributed by atoms with Gasteiger partial charge in [0.15, 0.2) is 0 Å². The molecule has 2 rings (SSSR count). The van der Waals surface area contributed by atoms with Crippen LogP contribution >= 0.6 is 0 Å². The summed E-state index contributed by atoms with van der Waals surface area (Å²) in [4.78, 5) is 20.5. The molecular weight excluding hydrogens is 264 g/mol. The van der Waals surface area contributed by atoms with E-state index >= 15 is 0 Å². The van der Waals surface area contributed by atoms with E-state index in [-0.39, 0.29) is 11.8 Å². The summed E-state index contributed by atoms with van der Waals surface area (Å²) in [7, 11) is 0. The number of nitrogens with two attached hydrogens (primary N) is 1. The van der Waals surface area contributed by atoms with Crippen LogP contribution in [0.5, 0.6) is 0 Å². The number of carbonyl (C=O) groups is 1. The third-order valence-corrected chi connectivity index (χ3v) is 3.37. The lowest BCUT2D eigenvalue weighted by Crippen LogP contribution is -2.23. The zero-order valence-electron chi connectivity index (χ0n) is 12.5. The molecule has 112 valence electrons. The number of anilines is 1. The number of hydrogen-bond donors (Lipinski definition) is 2. The molecule has 1 atom stereocenters. The number of nitrogens with zero attached hydrogens (tertiary/aromatic N) is 2. The minimum absolute atomic E-state index is 0.00524. The fraction of sp³-hybridized carbons (Fsp3) is 0.438. The maximum atomic E-state index is 12.1. The lowest BCUT2D eigenvalue weighted by molar-refractivity contribution is -0.117. The molecule has 0 fully saturated rings. The second kappa shape index (κ2) is 7.13. The maximum Gasteiger partial charge on any atom is 0.224 e. The Morgan fingerprint density at radius 3 is 2.62 bits per heavy atom. The first-order chi connectivity index (χ1) is 10.1. The van der Waals surface area contributed by atoms with Gasteiger partial charge in [0.25, 0.3) is 0 Å². The third kappa shape index (κ3) is 4.49. The second-order valence-corrected chi connectivity index (χ2v) is 5.74. The normalized spacial score (nSPS) is 12.6. The predicted molar refractivity (Wildman–Crippen MR) is 84.8 cm³/mol. The number of rotatable bonds is 6. The molecule has 0 unspecified atom stereocenters. The standard InChI is InChI=1S/C16H22N4O/c1-11(2)7-12(10-17)8-16(21)20-13-3-4-14-15(9-13)19-6-5-18-14/h3-6,9,11-12H,7-8,10,17H2,1-2H3,(H,20,21)/t12-/m0/s1. The molecule has 1 aromatic heterocycles. The summed E-state index contributed by atoms with van der Waals surface area (Å²) in [5, 5.41) is 2.91. The molecule has 1 heterocycles. The van der Waals surface area contributed by atoms with Gasteiger partial charge in [0.2, 0.25) is 5.91 Å². The molecule has 0 aliphatic carbocycles. The Bertz CT molecular complexity index is 612. The molecule has 0 aliphatic heterocycles. The Kier molecular flexibility index (Phi) is 5.22. The van der Waals surface area contributed by atoms with Crippen LogP contribution in [0.4, 0.5) is 5.69 Å². The van der Waals surface area contributed by atoms with Crippen molar-refractivity contribution in [3.8, 4) is 0 Å². The summed E-state index contributed by atoms with van der Waals surface area (Å²) in [5.74, 6) is 0.766. The number of aromatic nitrogens is 2. The second-order valence-electron chi connectivity index (χ2n) is 5.74. The molecule has 0 aliphatic rings. The maximum absolute atomic E-state index is 12.1. The highest BCUT2D eigenvalue weighted by Crippen LogP contribution is 2.18. The van der Waals surface area contributed by atoms with Gasteiger partial charge in [-0.15, -0.1) is 0 Å². The molecule has 5 nitrogen and oxygen atoms in total. The Labute approximate surface area is 125 Å². The van der Waals surface area contributed by atoms with Crippen molar-refractivity contribution in [1.82, 2.24) is 9.97 Å². The zero-order chi connectivity index (χ0) is 15.2. The number of nitrogens with one attached hydrogen (secondary N) is 1. The number of amides is 1. The lowest BCUT2D eigenvalue weighted by atomic mass is 9.94. The van der Waals surface area contributed by atoms with Crippen LogP contribution in [0.3, 0.4) is 0 Å². The quantitative estimate of drug-likeness (QED) is 0.855.